The van der Waals surface area contributed by atoms with E-state index in [-0.39, 0.29) is 12.1 Å². The highest BCUT2D eigenvalue weighted by atomic mass is 16.3. The standard InChI is InChI=1S/C20H42N4O/c1-6-21-19(22-15-18(10-13-25)14-17(2)3)23-16-20(4,5)24-11-8-7-9-12-24/h17-18,25H,6-16H2,1-5H3,(H2,21,22,23). The molecular formula is C20H42N4O. The molecule has 0 bridgehead atoms. The van der Waals surface area contributed by atoms with Crippen molar-refractivity contribution >= 4 is 5.96 Å². The number of hydrogen-bond acceptors (Lipinski definition) is 3. The smallest absolute Gasteiger partial charge is 0.191 e. The third-order valence-corrected chi connectivity index (χ3v) is 5.08. The van der Waals surface area contributed by atoms with Gasteiger partial charge in [0.25, 0.3) is 0 Å². The third-order valence-electron chi connectivity index (χ3n) is 5.08. The van der Waals surface area contributed by atoms with Crippen LogP contribution in [0.15, 0.2) is 4.99 Å². The summed E-state index contributed by atoms with van der Waals surface area (Å²) in [5.74, 6) is 2.04. The molecule has 0 aromatic carbocycles. The first kappa shape index (κ1) is 22.2. The number of nitrogens with one attached hydrogen (secondary N) is 2. The number of aliphatic hydroxyl groups excluding tert-OH is 1. The van der Waals surface area contributed by atoms with Crippen molar-refractivity contribution < 1.29 is 5.11 Å². The maximum absolute atomic E-state index is 9.29. The summed E-state index contributed by atoms with van der Waals surface area (Å²) < 4.78 is 0. The Morgan fingerprint density at radius 3 is 2.40 bits per heavy atom. The van der Waals surface area contributed by atoms with Crippen molar-refractivity contribution in [3.63, 3.8) is 0 Å². The highest BCUT2D eigenvalue weighted by Gasteiger charge is 2.27. The van der Waals surface area contributed by atoms with Gasteiger partial charge in [-0.3, -0.25) is 9.89 Å². The molecule has 1 unspecified atom stereocenters. The van der Waals surface area contributed by atoms with E-state index in [0.29, 0.717) is 11.8 Å². The van der Waals surface area contributed by atoms with Gasteiger partial charge in [-0.05, 0) is 71.4 Å². The molecule has 1 rings (SSSR count). The van der Waals surface area contributed by atoms with E-state index in [4.69, 9.17) is 4.99 Å². The highest BCUT2D eigenvalue weighted by Crippen LogP contribution is 2.20. The fourth-order valence-corrected chi connectivity index (χ4v) is 3.61. The van der Waals surface area contributed by atoms with Gasteiger partial charge in [-0.1, -0.05) is 20.3 Å². The molecule has 1 aliphatic rings. The normalized spacial score (nSPS) is 18.4. The zero-order valence-corrected chi connectivity index (χ0v) is 17.3. The lowest BCUT2D eigenvalue weighted by Gasteiger charge is -2.40. The average molecular weight is 355 g/mol. The van der Waals surface area contributed by atoms with Crippen molar-refractivity contribution in [1.82, 2.24) is 15.5 Å². The fourth-order valence-electron chi connectivity index (χ4n) is 3.61. The van der Waals surface area contributed by atoms with Crippen LogP contribution in [-0.4, -0.2) is 60.8 Å². The van der Waals surface area contributed by atoms with Crippen LogP contribution < -0.4 is 10.6 Å². The van der Waals surface area contributed by atoms with Crippen LogP contribution in [0.2, 0.25) is 0 Å². The Morgan fingerprint density at radius 2 is 1.84 bits per heavy atom. The molecule has 5 heteroatoms. The SMILES string of the molecule is CCNC(=NCC(C)(C)N1CCCCC1)NCC(CCO)CC(C)C. The second-order valence-corrected chi connectivity index (χ2v) is 8.44. The van der Waals surface area contributed by atoms with Gasteiger partial charge in [0.1, 0.15) is 0 Å². The number of nitrogens with zero attached hydrogens (tertiary/aromatic N) is 2. The zero-order valence-electron chi connectivity index (χ0n) is 17.3. The van der Waals surface area contributed by atoms with E-state index in [1.54, 1.807) is 0 Å². The molecular weight excluding hydrogens is 312 g/mol. The van der Waals surface area contributed by atoms with E-state index in [1.807, 2.05) is 0 Å². The number of aliphatic imine (C=N–C) groups is 1. The van der Waals surface area contributed by atoms with Crippen molar-refractivity contribution in [2.24, 2.45) is 16.8 Å². The van der Waals surface area contributed by atoms with Crippen molar-refractivity contribution in [3.05, 3.63) is 0 Å². The number of hydrogen-bond donors (Lipinski definition) is 3. The van der Waals surface area contributed by atoms with Crippen LogP contribution in [-0.2, 0) is 0 Å². The lowest BCUT2D eigenvalue weighted by Crippen LogP contribution is -2.49. The molecule has 0 amide bonds. The summed E-state index contributed by atoms with van der Waals surface area (Å²) in [6, 6.07) is 0. The molecule has 1 aliphatic heterocycles. The van der Waals surface area contributed by atoms with Crippen molar-refractivity contribution in [2.45, 2.75) is 72.3 Å². The summed E-state index contributed by atoms with van der Waals surface area (Å²) in [4.78, 5) is 7.44. The molecule has 1 fully saturated rings. The summed E-state index contributed by atoms with van der Waals surface area (Å²) in [5, 5.41) is 16.2. The Balaban J connectivity index is 2.59. The average Bonchev–Trinajstić information content (AvgIpc) is 2.57. The molecule has 0 saturated carbocycles. The lowest BCUT2D eigenvalue weighted by atomic mass is 9.94. The fraction of sp³-hybridized carbons (Fsp3) is 0.950. The van der Waals surface area contributed by atoms with Gasteiger partial charge in [-0.25, -0.2) is 0 Å². The third kappa shape index (κ3) is 8.91. The maximum atomic E-state index is 9.29. The Hall–Kier alpha value is -0.810. The molecule has 148 valence electrons. The van der Waals surface area contributed by atoms with E-state index in [2.05, 4.69) is 50.2 Å². The predicted octanol–water partition coefficient (Wildman–Crippen LogP) is 2.85. The monoisotopic (exact) mass is 354 g/mol. The molecule has 1 saturated heterocycles. The van der Waals surface area contributed by atoms with Gasteiger partial charge in [0.2, 0.25) is 0 Å². The maximum Gasteiger partial charge on any atom is 0.191 e. The van der Waals surface area contributed by atoms with Gasteiger partial charge < -0.3 is 15.7 Å². The Labute approximate surface area is 155 Å². The van der Waals surface area contributed by atoms with Crippen molar-refractivity contribution in [1.29, 1.82) is 0 Å². The molecule has 0 aliphatic carbocycles. The van der Waals surface area contributed by atoms with Gasteiger partial charge in [0.05, 0.1) is 6.54 Å². The Kier molecular flexibility index (Phi) is 10.4. The molecule has 0 spiro atoms. The van der Waals surface area contributed by atoms with E-state index in [9.17, 15) is 5.11 Å². The van der Waals surface area contributed by atoms with Crippen LogP contribution in [0.3, 0.4) is 0 Å². The number of piperidine rings is 1. The van der Waals surface area contributed by atoms with Crippen molar-refractivity contribution in [3.8, 4) is 0 Å². The molecule has 0 aromatic rings. The Bertz CT molecular complexity index is 376. The molecule has 5 nitrogen and oxygen atoms in total. The molecule has 1 atom stereocenters. The minimum absolute atomic E-state index is 0.102. The van der Waals surface area contributed by atoms with Gasteiger partial charge in [-0.2, -0.15) is 0 Å². The van der Waals surface area contributed by atoms with Crippen LogP contribution in [0.25, 0.3) is 0 Å². The first-order valence-electron chi connectivity index (χ1n) is 10.3. The predicted molar refractivity (Wildman–Crippen MR) is 108 cm³/mol. The van der Waals surface area contributed by atoms with E-state index >= 15 is 0 Å². The number of guanidine groups is 1. The van der Waals surface area contributed by atoms with Crippen LogP contribution in [0.1, 0.15) is 66.7 Å². The molecule has 1 heterocycles. The van der Waals surface area contributed by atoms with Crippen LogP contribution in [0.4, 0.5) is 0 Å². The summed E-state index contributed by atoms with van der Waals surface area (Å²) in [7, 11) is 0. The number of aliphatic hydroxyl groups is 1. The largest absolute Gasteiger partial charge is 0.396 e. The lowest BCUT2D eigenvalue weighted by molar-refractivity contribution is 0.102. The summed E-state index contributed by atoms with van der Waals surface area (Å²) in [6.45, 7) is 16.4. The zero-order chi connectivity index (χ0) is 18.7. The first-order chi connectivity index (χ1) is 11.9. The second-order valence-electron chi connectivity index (χ2n) is 8.44. The minimum Gasteiger partial charge on any atom is -0.396 e. The van der Waals surface area contributed by atoms with Gasteiger partial charge in [0, 0.05) is 25.2 Å². The van der Waals surface area contributed by atoms with Gasteiger partial charge >= 0.3 is 0 Å². The quantitative estimate of drug-likeness (QED) is 0.417. The van der Waals surface area contributed by atoms with Crippen LogP contribution in [0, 0.1) is 11.8 Å². The summed E-state index contributed by atoms with van der Waals surface area (Å²) >= 11 is 0. The summed E-state index contributed by atoms with van der Waals surface area (Å²) in [5.41, 5.74) is 0.102. The van der Waals surface area contributed by atoms with E-state index in [1.165, 1.54) is 32.4 Å². The second kappa shape index (κ2) is 11.7. The van der Waals surface area contributed by atoms with Crippen LogP contribution in [0.5, 0.6) is 0 Å². The van der Waals surface area contributed by atoms with E-state index in [0.717, 1.165) is 38.4 Å². The highest BCUT2D eigenvalue weighted by molar-refractivity contribution is 5.79. The van der Waals surface area contributed by atoms with E-state index < -0.39 is 0 Å². The molecule has 25 heavy (non-hydrogen) atoms. The van der Waals surface area contributed by atoms with Gasteiger partial charge in [0.15, 0.2) is 5.96 Å². The minimum atomic E-state index is 0.102. The van der Waals surface area contributed by atoms with Crippen LogP contribution >= 0.6 is 0 Å². The molecule has 0 aromatic heterocycles. The topological polar surface area (TPSA) is 59.9 Å². The van der Waals surface area contributed by atoms with Crippen molar-refractivity contribution in [2.75, 3.05) is 39.3 Å². The number of rotatable bonds is 10. The first-order valence-corrected chi connectivity index (χ1v) is 10.3. The number of likely N-dealkylation sites (tertiary alicyclic amines) is 1. The van der Waals surface area contributed by atoms with Gasteiger partial charge in [-0.15, -0.1) is 0 Å². The Morgan fingerprint density at radius 1 is 1.16 bits per heavy atom. The summed E-state index contributed by atoms with van der Waals surface area (Å²) in [6.07, 6.45) is 5.96. The molecule has 0 radical (unpaired) electrons. The molecule has 3 N–H and O–H groups in total.